The van der Waals surface area contributed by atoms with Crippen molar-refractivity contribution in [2.75, 3.05) is 0 Å². The maximum absolute atomic E-state index is 4.31. The van der Waals surface area contributed by atoms with Gasteiger partial charge in [-0.05, 0) is 23.3 Å². The van der Waals surface area contributed by atoms with Gasteiger partial charge in [-0.15, -0.1) is 11.8 Å². The van der Waals surface area contributed by atoms with E-state index in [1.54, 1.807) is 0 Å². The molecule has 0 aliphatic rings. The number of thioether (sulfide) groups is 1. The highest BCUT2D eigenvalue weighted by Gasteiger charge is 2.11. The molecule has 0 radical (unpaired) electrons. The summed E-state index contributed by atoms with van der Waals surface area (Å²) in [5.74, 6) is 0.951. The Kier molecular flexibility index (Phi) is 3.82. The van der Waals surface area contributed by atoms with Gasteiger partial charge in [0.1, 0.15) is 11.0 Å². The monoisotopic (exact) mass is 317 g/mol. The van der Waals surface area contributed by atoms with Gasteiger partial charge in [0.25, 0.3) is 0 Å². The molecule has 0 amide bonds. The lowest BCUT2D eigenvalue weighted by atomic mass is 10.0. The highest BCUT2D eigenvalue weighted by atomic mass is 32.2. The van der Waals surface area contributed by atoms with E-state index in [1.807, 2.05) is 30.0 Å². The minimum Gasteiger partial charge on any atom is -0.197 e. The first-order chi connectivity index (χ1) is 11.4. The predicted octanol–water partition coefficient (Wildman–Crippen LogP) is 4.92. The number of H-pyrrole nitrogens is 1. The summed E-state index contributed by atoms with van der Waals surface area (Å²) in [6.07, 6.45) is 0. The fourth-order valence-corrected chi connectivity index (χ4v) is 3.66. The van der Waals surface area contributed by atoms with Gasteiger partial charge in [-0.3, -0.25) is 0 Å². The van der Waals surface area contributed by atoms with Crippen molar-refractivity contribution in [2.45, 2.75) is 10.6 Å². The fraction of sp³-hybridized carbons (Fsp3) is 0.0526. The molecule has 4 aromatic rings. The number of rotatable bonds is 4. The molecular weight excluding hydrogens is 302 g/mol. The van der Waals surface area contributed by atoms with E-state index in [9.17, 15) is 0 Å². The first-order valence-corrected chi connectivity index (χ1v) is 8.46. The summed E-state index contributed by atoms with van der Waals surface area (Å²) < 4.78 is 0. The minimum atomic E-state index is 0.894. The number of nitrogens with zero attached hydrogens (tertiary/aromatic N) is 2. The summed E-state index contributed by atoms with van der Waals surface area (Å²) in [6.45, 7) is 0. The van der Waals surface area contributed by atoms with Gasteiger partial charge in [-0.25, -0.2) is 0 Å². The number of para-hydroxylation sites is 1. The minimum absolute atomic E-state index is 0.894. The van der Waals surface area contributed by atoms with Crippen LogP contribution >= 0.6 is 11.8 Å². The van der Waals surface area contributed by atoms with Gasteiger partial charge < -0.3 is 0 Å². The number of nitrogens with one attached hydrogen (secondary N) is 1. The smallest absolute Gasteiger partial charge is 0.120 e. The number of hydrogen-bond acceptors (Lipinski definition) is 3. The molecule has 0 saturated carbocycles. The first kappa shape index (κ1) is 14.0. The average molecular weight is 317 g/mol. The number of aromatic amines is 1. The Morgan fingerprint density at radius 1 is 0.739 bits per heavy atom. The summed E-state index contributed by atoms with van der Waals surface area (Å²) in [4.78, 5) is 1.26. The Hall–Kier alpha value is -2.59. The van der Waals surface area contributed by atoms with Crippen LogP contribution in [0.5, 0.6) is 0 Å². The molecule has 0 unspecified atom stereocenters. The second-order valence-corrected chi connectivity index (χ2v) is 6.28. The van der Waals surface area contributed by atoms with Gasteiger partial charge in [-0.1, -0.05) is 60.7 Å². The summed E-state index contributed by atoms with van der Waals surface area (Å²) in [5.41, 5.74) is 5.46. The third kappa shape index (κ3) is 2.85. The van der Waals surface area contributed by atoms with Crippen molar-refractivity contribution in [1.82, 2.24) is 15.4 Å². The second kappa shape index (κ2) is 6.26. The zero-order valence-electron chi connectivity index (χ0n) is 12.4. The van der Waals surface area contributed by atoms with Crippen LogP contribution in [0.1, 0.15) is 5.56 Å². The SMILES string of the molecule is c1ccc(CSc2ccccc2-c2cccc3n[nH]nc23)cc1. The van der Waals surface area contributed by atoms with E-state index < -0.39 is 0 Å². The molecular formula is C19H15N3S. The number of hydrogen-bond donors (Lipinski definition) is 1. The molecule has 3 aromatic carbocycles. The van der Waals surface area contributed by atoms with Crippen LogP contribution in [-0.2, 0) is 5.75 Å². The normalized spacial score (nSPS) is 11.0. The molecule has 0 aliphatic carbocycles. The van der Waals surface area contributed by atoms with Crippen LogP contribution in [-0.4, -0.2) is 15.4 Å². The molecule has 3 nitrogen and oxygen atoms in total. The van der Waals surface area contributed by atoms with E-state index in [1.165, 1.54) is 16.0 Å². The number of aromatic nitrogens is 3. The zero-order valence-corrected chi connectivity index (χ0v) is 13.3. The third-order valence-electron chi connectivity index (χ3n) is 3.76. The lowest BCUT2D eigenvalue weighted by molar-refractivity contribution is 0.959. The molecule has 4 rings (SSSR count). The molecule has 0 saturated heterocycles. The van der Waals surface area contributed by atoms with E-state index >= 15 is 0 Å². The third-order valence-corrected chi connectivity index (χ3v) is 4.91. The van der Waals surface area contributed by atoms with Crippen LogP contribution in [0, 0.1) is 0 Å². The van der Waals surface area contributed by atoms with Crippen LogP contribution in [0.3, 0.4) is 0 Å². The number of fused-ring (bicyclic) bond motifs is 1. The molecule has 0 atom stereocenters. The standard InChI is InChI=1S/C19H15N3S/c1-2-7-14(8-3-1)13-23-18-12-5-4-9-15(18)16-10-6-11-17-19(16)21-22-20-17/h1-12H,13H2,(H,20,21,22). The lowest BCUT2D eigenvalue weighted by Crippen LogP contribution is -1.86. The molecule has 1 aromatic heterocycles. The van der Waals surface area contributed by atoms with Crippen molar-refractivity contribution in [2.24, 2.45) is 0 Å². The lowest BCUT2D eigenvalue weighted by Gasteiger charge is -2.10. The summed E-state index contributed by atoms with van der Waals surface area (Å²) in [7, 11) is 0. The Balaban J connectivity index is 1.71. The van der Waals surface area contributed by atoms with Gasteiger partial charge in [0, 0.05) is 16.2 Å². The molecule has 23 heavy (non-hydrogen) atoms. The summed E-state index contributed by atoms with van der Waals surface area (Å²) in [5, 5.41) is 11.2. The Bertz CT molecular complexity index is 931. The van der Waals surface area contributed by atoms with Crippen molar-refractivity contribution in [1.29, 1.82) is 0 Å². The van der Waals surface area contributed by atoms with E-state index in [4.69, 9.17) is 0 Å². The molecule has 0 fully saturated rings. The van der Waals surface area contributed by atoms with E-state index in [-0.39, 0.29) is 0 Å². The largest absolute Gasteiger partial charge is 0.197 e. The van der Waals surface area contributed by atoms with Crippen molar-refractivity contribution in [3.63, 3.8) is 0 Å². The zero-order chi connectivity index (χ0) is 15.5. The maximum atomic E-state index is 4.31. The van der Waals surface area contributed by atoms with Crippen molar-refractivity contribution >= 4 is 22.8 Å². The Morgan fingerprint density at radius 3 is 2.43 bits per heavy atom. The van der Waals surface area contributed by atoms with Gasteiger partial charge in [0.15, 0.2) is 0 Å². The van der Waals surface area contributed by atoms with Crippen LogP contribution in [0.25, 0.3) is 22.2 Å². The van der Waals surface area contributed by atoms with Gasteiger partial charge in [0.05, 0.1) is 0 Å². The van der Waals surface area contributed by atoms with Crippen molar-refractivity contribution < 1.29 is 0 Å². The van der Waals surface area contributed by atoms with Crippen LogP contribution in [0.2, 0.25) is 0 Å². The van der Waals surface area contributed by atoms with Gasteiger partial charge >= 0.3 is 0 Å². The first-order valence-electron chi connectivity index (χ1n) is 7.47. The van der Waals surface area contributed by atoms with Crippen LogP contribution in [0.4, 0.5) is 0 Å². The van der Waals surface area contributed by atoms with E-state index in [0.717, 1.165) is 22.3 Å². The summed E-state index contributed by atoms with van der Waals surface area (Å²) in [6, 6.07) is 25.1. The fourth-order valence-electron chi connectivity index (χ4n) is 2.64. The Labute approximate surface area is 138 Å². The topological polar surface area (TPSA) is 41.6 Å². The highest BCUT2D eigenvalue weighted by molar-refractivity contribution is 7.98. The molecule has 1 N–H and O–H groups in total. The quantitative estimate of drug-likeness (QED) is 0.543. The van der Waals surface area contributed by atoms with Crippen molar-refractivity contribution in [3.05, 3.63) is 78.4 Å². The molecule has 4 heteroatoms. The van der Waals surface area contributed by atoms with Gasteiger partial charge in [0.2, 0.25) is 0 Å². The summed E-state index contributed by atoms with van der Waals surface area (Å²) >= 11 is 1.85. The van der Waals surface area contributed by atoms with E-state index in [2.05, 4.69) is 70.0 Å². The van der Waals surface area contributed by atoms with Gasteiger partial charge in [-0.2, -0.15) is 15.4 Å². The number of benzene rings is 3. The molecule has 0 bridgehead atoms. The predicted molar refractivity (Wildman–Crippen MR) is 95.3 cm³/mol. The van der Waals surface area contributed by atoms with Crippen LogP contribution < -0.4 is 0 Å². The van der Waals surface area contributed by atoms with Crippen LogP contribution in [0.15, 0.2) is 77.7 Å². The molecule has 0 spiro atoms. The van der Waals surface area contributed by atoms with Crippen molar-refractivity contribution in [3.8, 4) is 11.1 Å². The highest BCUT2D eigenvalue weighted by Crippen LogP contribution is 2.35. The van der Waals surface area contributed by atoms with E-state index in [0.29, 0.717) is 0 Å². The molecule has 0 aliphatic heterocycles. The molecule has 112 valence electrons. The maximum Gasteiger partial charge on any atom is 0.120 e. The Morgan fingerprint density at radius 2 is 1.52 bits per heavy atom. The molecule has 1 heterocycles. The second-order valence-electron chi connectivity index (χ2n) is 5.27. The average Bonchev–Trinajstić information content (AvgIpc) is 3.10.